The topological polar surface area (TPSA) is 102 Å². The highest BCUT2D eigenvalue weighted by molar-refractivity contribution is 7.17. The van der Waals surface area contributed by atoms with Crippen LogP contribution in [0.25, 0.3) is 11.3 Å². The molecule has 0 aliphatic carbocycles. The second kappa shape index (κ2) is 6.62. The van der Waals surface area contributed by atoms with Gasteiger partial charge >= 0.3 is 0 Å². The minimum atomic E-state index is 0.458. The average molecular weight is 350 g/mol. The normalized spacial score (nSPS) is 10.6. The molecule has 3 heterocycles. The first-order chi connectivity index (χ1) is 12.3. The highest BCUT2D eigenvalue weighted by Crippen LogP contribution is 2.39. The zero-order valence-electron chi connectivity index (χ0n) is 13.0. The lowest BCUT2D eigenvalue weighted by Gasteiger charge is -2.07. The fourth-order valence-corrected chi connectivity index (χ4v) is 3.01. The van der Waals surface area contributed by atoms with Gasteiger partial charge in [0.15, 0.2) is 5.13 Å². The Balaban J connectivity index is 1.61. The van der Waals surface area contributed by atoms with Crippen molar-refractivity contribution in [3.63, 3.8) is 0 Å². The van der Waals surface area contributed by atoms with Gasteiger partial charge in [0.05, 0.1) is 11.9 Å². The number of hydrogen-bond donors (Lipinski definition) is 3. The lowest BCUT2D eigenvalue weighted by molar-refractivity contribution is 0.496. The zero-order valence-corrected chi connectivity index (χ0v) is 13.8. The number of thiazole rings is 1. The van der Waals surface area contributed by atoms with Crippen LogP contribution in [0.5, 0.6) is 10.8 Å². The van der Waals surface area contributed by atoms with Crippen LogP contribution < -0.4 is 15.8 Å². The maximum Gasteiger partial charge on any atom is 0.210 e. The predicted molar refractivity (Wildman–Crippen MR) is 98.1 cm³/mol. The molecule has 0 saturated heterocycles. The molecule has 4 rings (SSSR count). The summed E-state index contributed by atoms with van der Waals surface area (Å²) in [4.78, 5) is 8.66. The number of nitrogens with zero attached hydrogens (tertiary/aromatic N) is 3. The van der Waals surface area contributed by atoms with Gasteiger partial charge in [-0.3, -0.25) is 5.10 Å². The monoisotopic (exact) mass is 350 g/mol. The fourth-order valence-electron chi connectivity index (χ4n) is 2.29. The molecule has 0 amide bonds. The van der Waals surface area contributed by atoms with Gasteiger partial charge in [-0.25, -0.2) is 9.97 Å². The molecule has 8 heteroatoms. The van der Waals surface area contributed by atoms with E-state index in [0.717, 1.165) is 16.9 Å². The first-order valence-electron chi connectivity index (χ1n) is 7.49. The van der Waals surface area contributed by atoms with Crippen LogP contribution in [0.4, 0.5) is 16.6 Å². The number of nitrogen functional groups attached to an aromatic ring is 1. The Hall–Kier alpha value is -3.39. The van der Waals surface area contributed by atoms with Crippen LogP contribution in [-0.2, 0) is 0 Å². The Morgan fingerprint density at radius 1 is 1.16 bits per heavy atom. The molecule has 25 heavy (non-hydrogen) atoms. The highest BCUT2D eigenvalue weighted by atomic mass is 32.1. The van der Waals surface area contributed by atoms with Crippen molar-refractivity contribution in [2.75, 3.05) is 11.1 Å². The number of aromatic amines is 1. The standard InChI is InChI=1S/C17H14N6OS/c18-17-23-15(11-4-2-1-3-5-11)16(25-17)24-13-6-7-19-14(8-13)22-12-9-20-21-10-12/h1-10H,(H2,18,23)(H,19,22)(H,20,21). The van der Waals surface area contributed by atoms with Crippen molar-refractivity contribution in [1.29, 1.82) is 0 Å². The van der Waals surface area contributed by atoms with Crippen LogP contribution in [-0.4, -0.2) is 20.2 Å². The minimum Gasteiger partial charge on any atom is -0.444 e. The molecule has 1 aromatic carbocycles. The quantitative estimate of drug-likeness (QED) is 0.502. The van der Waals surface area contributed by atoms with Gasteiger partial charge in [-0.1, -0.05) is 41.7 Å². The van der Waals surface area contributed by atoms with E-state index in [2.05, 4.69) is 25.5 Å². The third kappa shape index (κ3) is 3.43. The van der Waals surface area contributed by atoms with Crippen LogP contribution >= 0.6 is 11.3 Å². The summed E-state index contributed by atoms with van der Waals surface area (Å²) >= 11 is 1.30. The Morgan fingerprint density at radius 2 is 2.04 bits per heavy atom. The van der Waals surface area contributed by atoms with Gasteiger partial charge in [-0.2, -0.15) is 5.10 Å². The number of ether oxygens (including phenoxy) is 1. The van der Waals surface area contributed by atoms with Gasteiger partial charge in [0.2, 0.25) is 5.06 Å². The Bertz CT molecular complexity index is 968. The molecule has 0 radical (unpaired) electrons. The Labute approximate surface area is 147 Å². The van der Waals surface area contributed by atoms with Crippen LogP contribution in [0.3, 0.4) is 0 Å². The summed E-state index contributed by atoms with van der Waals surface area (Å²) < 4.78 is 6.02. The van der Waals surface area contributed by atoms with Gasteiger partial charge in [0.25, 0.3) is 0 Å². The van der Waals surface area contributed by atoms with Crippen LogP contribution in [0, 0.1) is 0 Å². The van der Waals surface area contributed by atoms with Crippen molar-refractivity contribution in [1.82, 2.24) is 20.2 Å². The number of H-pyrrole nitrogens is 1. The fraction of sp³-hybridized carbons (Fsp3) is 0. The SMILES string of the molecule is Nc1nc(-c2ccccc2)c(Oc2ccnc(Nc3cn[nH]c3)c2)s1. The smallest absolute Gasteiger partial charge is 0.210 e. The number of pyridine rings is 1. The van der Waals surface area contributed by atoms with Crippen molar-refractivity contribution >= 4 is 28.0 Å². The van der Waals surface area contributed by atoms with Gasteiger partial charge in [-0.05, 0) is 6.07 Å². The minimum absolute atomic E-state index is 0.458. The summed E-state index contributed by atoms with van der Waals surface area (Å²) in [5.41, 5.74) is 8.38. The number of nitrogens with one attached hydrogen (secondary N) is 2. The van der Waals surface area contributed by atoms with Crippen molar-refractivity contribution in [3.8, 4) is 22.1 Å². The van der Waals surface area contributed by atoms with E-state index in [0.29, 0.717) is 21.8 Å². The van der Waals surface area contributed by atoms with E-state index in [1.54, 1.807) is 30.7 Å². The van der Waals surface area contributed by atoms with Crippen molar-refractivity contribution in [2.24, 2.45) is 0 Å². The Morgan fingerprint density at radius 3 is 2.84 bits per heavy atom. The summed E-state index contributed by atoms with van der Waals surface area (Å²) in [6.45, 7) is 0. The van der Waals surface area contributed by atoms with Crippen molar-refractivity contribution in [3.05, 3.63) is 61.1 Å². The third-order valence-corrected chi connectivity index (χ3v) is 4.13. The molecule has 0 fully saturated rings. The lowest BCUT2D eigenvalue weighted by atomic mass is 10.2. The molecule has 7 nitrogen and oxygen atoms in total. The molecule has 0 unspecified atom stereocenters. The molecule has 0 spiro atoms. The number of aromatic nitrogens is 4. The molecule has 3 aromatic heterocycles. The third-order valence-electron chi connectivity index (χ3n) is 3.37. The Kier molecular flexibility index (Phi) is 4.01. The number of nitrogens with two attached hydrogens (primary N) is 1. The van der Waals surface area contributed by atoms with E-state index in [1.807, 2.05) is 30.3 Å². The lowest BCUT2D eigenvalue weighted by Crippen LogP contribution is -1.93. The molecule has 0 saturated carbocycles. The molecular formula is C17H14N6OS. The highest BCUT2D eigenvalue weighted by Gasteiger charge is 2.14. The first kappa shape index (κ1) is 15.2. The summed E-state index contributed by atoms with van der Waals surface area (Å²) in [5, 5.41) is 10.9. The molecule has 4 aromatic rings. The molecule has 0 aliphatic heterocycles. The van der Waals surface area contributed by atoms with Crippen LogP contribution in [0.15, 0.2) is 61.1 Å². The number of anilines is 3. The maximum absolute atomic E-state index is 6.02. The average Bonchev–Trinajstić information content (AvgIpc) is 3.26. The van der Waals surface area contributed by atoms with Crippen molar-refractivity contribution < 1.29 is 4.74 Å². The molecular weight excluding hydrogens is 336 g/mol. The van der Waals surface area contributed by atoms with E-state index < -0.39 is 0 Å². The van der Waals surface area contributed by atoms with Gasteiger partial charge in [0, 0.05) is 24.0 Å². The van der Waals surface area contributed by atoms with E-state index in [-0.39, 0.29) is 0 Å². The van der Waals surface area contributed by atoms with E-state index in [1.165, 1.54) is 11.3 Å². The van der Waals surface area contributed by atoms with Crippen LogP contribution in [0.1, 0.15) is 0 Å². The number of benzene rings is 1. The second-order valence-electron chi connectivity index (χ2n) is 5.15. The molecule has 4 N–H and O–H groups in total. The molecule has 0 atom stereocenters. The summed E-state index contributed by atoms with van der Waals surface area (Å²) in [5.74, 6) is 1.29. The van der Waals surface area contributed by atoms with Crippen molar-refractivity contribution in [2.45, 2.75) is 0 Å². The van der Waals surface area contributed by atoms with Gasteiger partial charge < -0.3 is 15.8 Å². The number of rotatable bonds is 5. The largest absolute Gasteiger partial charge is 0.444 e. The second-order valence-corrected chi connectivity index (χ2v) is 6.14. The van der Waals surface area contributed by atoms with E-state index in [9.17, 15) is 0 Å². The summed E-state index contributed by atoms with van der Waals surface area (Å²) in [7, 11) is 0. The first-order valence-corrected chi connectivity index (χ1v) is 8.31. The van der Waals surface area contributed by atoms with Gasteiger partial charge in [-0.15, -0.1) is 0 Å². The number of hydrogen-bond acceptors (Lipinski definition) is 7. The maximum atomic E-state index is 6.02. The molecule has 124 valence electrons. The van der Waals surface area contributed by atoms with Crippen LogP contribution in [0.2, 0.25) is 0 Å². The van der Waals surface area contributed by atoms with E-state index in [4.69, 9.17) is 10.5 Å². The van der Waals surface area contributed by atoms with Gasteiger partial charge in [0.1, 0.15) is 17.3 Å². The molecule has 0 aliphatic rings. The molecule has 0 bridgehead atoms. The predicted octanol–water partition coefficient (Wildman–Crippen LogP) is 4.05. The zero-order chi connectivity index (χ0) is 17.1. The van der Waals surface area contributed by atoms with E-state index >= 15 is 0 Å². The summed E-state index contributed by atoms with van der Waals surface area (Å²) in [6, 6.07) is 13.4. The summed E-state index contributed by atoms with van der Waals surface area (Å²) in [6.07, 6.45) is 5.09.